The summed E-state index contributed by atoms with van der Waals surface area (Å²) in [7, 11) is 0. The Kier molecular flexibility index (Phi) is 2.82. The van der Waals surface area contributed by atoms with Gasteiger partial charge in [0.1, 0.15) is 0 Å². The van der Waals surface area contributed by atoms with Crippen LogP contribution in [0.3, 0.4) is 0 Å². The van der Waals surface area contributed by atoms with Crippen molar-refractivity contribution in [1.82, 2.24) is 10.9 Å². The molecule has 0 bridgehead atoms. The fraction of sp³-hybridized carbons (Fsp3) is 0. The molecule has 2 N–H and O–H groups in total. The molecule has 2 amide bonds. The highest BCUT2D eigenvalue weighted by molar-refractivity contribution is 5.98. The van der Waals surface area contributed by atoms with E-state index < -0.39 is 0 Å². The standard InChI is InChI=1S/C12H10N2O2/c15-8-13-14-12(16)11-6-5-9-3-1-2-4-10(9)7-11/h1-8H,(H,13,15)(H,14,16). The third-order valence-corrected chi connectivity index (χ3v) is 2.26. The van der Waals surface area contributed by atoms with Crippen LogP contribution in [0.15, 0.2) is 42.5 Å². The molecule has 0 unspecified atom stereocenters. The zero-order chi connectivity index (χ0) is 11.4. The molecule has 0 aliphatic carbocycles. The lowest BCUT2D eigenvalue weighted by atomic mass is 10.1. The average Bonchev–Trinajstić information content (AvgIpc) is 2.35. The maximum Gasteiger partial charge on any atom is 0.269 e. The third kappa shape index (κ3) is 2.00. The van der Waals surface area contributed by atoms with E-state index in [0.717, 1.165) is 10.8 Å². The van der Waals surface area contributed by atoms with Gasteiger partial charge in [0.05, 0.1) is 0 Å². The van der Waals surface area contributed by atoms with Crippen molar-refractivity contribution < 1.29 is 9.59 Å². The Hall–Kier alpha value is -2.36. The van der Waals surface area contributed by atoms with Gasteiger partial charge in [0.25, 0.3) is 5.91 Å². The summed E-state index contributed by atoms with van der Waals surface area (Å²) in [5.74, 6) is -0.335. The van der Waals surface area contributed by atoms with Gasteiger partial charge in [0.15, 0.2) is 0 Å². The molecule has 2 aromatic rings. The van der Waals surface area contributed by atoms with Crippen LogP contribution in [-0.4, -0.2) is 12.3 Å². The van der Waals surface area contributed by atoms with Crippen LogP contribution in [0.25, 0.3) is 10.8 Å². The second-order valence-electron chi connectivity index (χ2n) is 3.28. The predicted octanol–water partition coefficient (Wildman–Crippen LogP) is 1.23. The largest absolute Gasteiger partial charge is 0.277 e. The molecule has 0 heterocycles. The van der Waals surface area contributed by atoms with Gasteiger partial charge in [0, 0.05) is 5.56 Å². The van der Waals surface area contributed by atoms with E-state index in [1.807, 2.05) is 30.3 Å². The highest BCUT2D eigenvalue weighted by Gasteiger charge is 2.04. The van der Waals surface area contributed by atoms with Crippen molar-refractivity contribution in [3.8, 4) is 0 Å². The Bertz CT molecular complexity index is 537. The summed E-state index contributed by atoms with van der Waals surface area (Å²) in [4.78, 5) is 21.5. The van der Waals surface area contributed by atoms with Gasteiger partial charge in [-0.05, 0) is 22.9 Å². The average molecular weight is 214 g/mol. The fourth-order valence-corrected chi connectivity index (χ4v) is 1.50. The first kappa shape index (κ1) is 10.2. The number of hydrogen-bond acceptors (Lipinski definition) is 2. The SMILES string of the molecule is O=CNNC(=O)c1ccc2ccccc2c1. The van der Waals surface area contributed by atoms with E-state index in [1.54, 1.807) is 12.1 Å². The molecule has 0 aromatic heterocycles. The summed E-state index contributed by atoms with van der Waals surface area (Å²) in [5.41, 5.74) is 4.88. The number of fused-ring (bicyclic) bond motifs is 1. The number of nitrogens with one attached hydrogen (secondary N) is 2. The molecule has 4 nitrogen and oxygen atoms in total. The van der Waals surface area contributed by atoms with Gasteiger partial charge in [-0.1, -0.05) is 30.3 Å². The Balaban J connectivity index is 2.32. The third-order valence-electron chi connectivity index (χ3n) is 2.26. The summed E-state index contributed by atoms with van der Waals surface area (Å²) >= 11 is 0. The molecule has 0 aliphatic rings. The molecule has 0 saturated carbocycles. The van der Waals surface area contributed by atoms with E-state index in [4.69, 9.17) is 0 Å². The smallest absolute Gasteiger partial charge is 0.269 e. The summed E-state index contributed by atoms with van der Waals surface area (Å²) in [6.07, 6.45) is 0.416. The molecule has 2 aromatic carbocycles. The van der Waals surface area contributed by atoms with Crippen LogP contribution in [-0.2, 0) is 4.79 Å². The van der Waals surface area contributed by atoms with Crippen molar-refractivity contribution in [3.05, 3.63) is 48.0 Å². The first-order valence-electron chi connectivity index (χ1n) is 4.79. The quantitative estimate of drug-likeness (QED) is 0.596. The van der Waals surface area contributed by atoms with Gasteiger partial charge in [0.2, 0.25) is 6.41 Å². The Morgan fingerprint density at radius 2 is 1.81 bits per heavy atom. The highest BCUT2D eigenvalue weighted by atomic mass is 16.2. The molecule has 4 heteroatoms. The first-order valence-corrected chi connectivity index (χ1v) is 4.79. The predicted molar refractivity (Wildman–Crippen MR) is 60.6 cm³/mol. The minimum atomic E-state index is -0.335. The number of hydrogen-bond donors (Lipinski definition) is 2. The van der Waals surface area contributed by atoms with Crippen molar-refractivity contribution in [3.63, 3.8) is 0 Å². The number of rotatable bonds is 3. The Labute approximate surface area is 92.2 Å². The van der Waals surface area contributed by atoms with E-state index in [-0.39, 0.29) is 5.91 Å². The second-order valence-corrected chi connectivity index (χ2v) is 3.28. The second kappa shape index (κ2) is 4.44. The van der Waals surface area contributed by atoms with E-state index in [2.05, 4.69) is 10.9 Å². The number of carbonyl (C=O) groups excluding carboxylic acids is 2. The molecule has 0 fully saturated rings. The number of amides is 2. The molecule has 2 rings (SSSR count). The molecule has 0 aliphatic heterocycles. The maximum atomic E-state index is 11.5. The van der Waals surface area contributed by atoms with Crippen LogP contribution in [0.1, 0.15) is 10.4 Å². The highest BCUT2D eigenvalue weighted by Crippen LogP contribution is 2.15. The summed E-state index contributed by atoms with van der Waals surface area (Å²) in [6, 6.07) is 13.1. The van der Waals surface area contributed by atoms with Crippen molar-refractivity contribution >= 4 is 23.1 Å². The fourth-order valence-electron chi connectivity index (χ4n) is 1.50. The van der Waals surface area contributed by atoms with Gasteiger partial charge < -0.3 is 0 Å². The van der Waals surface area contributed by atoms with Crippen molar-refractivity contribution in [2.75, 3.05) is 0 Å². The van der Waals surface area contributed by atoms with Gasteiger partial charge >= 0.3 is 0 Å². The molecule has 0 saturated heterocycles. The number of carbonyl (C=O) groups is 2. The molecular weight excluding hydrogens is 204 g/mol. The molecule has 16 heavy (non-hydrogen) atoms. The van der Waals surface area contributed by atoms with E-state index >= 15 is 0 Å². The normalized spacial score (nSPS) is 9.75. The minimum absolute atomic E-state index is 0.335. The topological polar surface area (TPSA) is 58.2 Å². The van der Waals surface area contributed by atoms with Crippen LogP contribution in [0.2, 0.25) is 0 Å². The van der Waals surface area contributed by atoms with Crippen LogP contribution < -0.4 is 10.9 Å². The Morgan fingerprint density at radius 1 is 1.06 bits per heavy atom. The molecule has 0 spiro atoms. The van der Waals surface area contributed by atoms with Crippen LogP contribution >= 0.6 is 0 Å². The van der Waals surface area contributed by atoms with Crippen LogP contribution in [0, 0.1) is 0 Å². The van der Waals surface area contributed by atoms with E-state index in [0.29, 0.717) is 12.0 Å². The lowest BCUT2D eigenvalue weighted by Crippen LogP contribution is -2.36. The lowest BCUT2D eigenvalue weighted by molar-refractivity contribution is -0.110. The number of hydrazine groups is 1. The van der Waals surface area contributed by atoms with Gasteiger partial charge in [-0.25, -0.2) is 0 Å². The monoisotopic (exact) mass is 214 g/mol. The zero-order valence-electron chi connectivity index (χ0n) is 8.44. The van der Waals surface area contributed by atoms with Gasteiger partial charge in [-0.15, -0.1) is 0 Å². The van der Waals surface area contributed by atoms with Crippen molar-refractivity contribution in [2.24, 2.45) is 0 Å². The van der Waals surface area contributed by atoms with E-state index in [9.17, 15) is 9.59 Å². The molecular formula is C12H10N2O2. The van der Waals surface area contributed by atoms with Crippen molar-refractivity contribution in [1.29, 1.82) is 0 Å². The zero-order valence-corrected chi connectivity index (χ0v) is 8.44. The molecule has 0 atom stereocenters. The summed E-state index contributed by atoms with van der Waals surface area (Å²) in [6.45, 7) is 0. The van der Waals surface area contributed by atoms with Gasteiger partial charge in [-0.2, -0.15) is 0 Å². The minimum Gasteiger partial charge on any atom is -0.277 e. The van der Waals surface area contributed by atoms with Crippen LogP contribution in [0.5, 0.6) is 0 Å². The Morgan fingerprint density at radius 3 is 2.56 bits per heavy atom. The lowest BCUT2D eigenvalue weighted by Gasteiger charge is -2.04. The molecule has 0 radical (unpaired) electrons. The van der Waals surface area contributed by atoms with Gasteiger partial charge in [-0.3, -0.25) is 20.4 Å². The number of benzene rings is 2. The van der Waals surface area contributed by atoms with Crippen LogP contribution in [0.4, 0.5) is 0 Å². The summed E-state index contributed by atoms with van der Waals surface area (Å²) < 4.78 is 0. The maximum absolute atomic E-state index is 11.5. The molecule has 80 valence electrons. The van der Waals surface area contributed by atoms with E-state index in [1.165, 1.54) is 0 Å². The summed E-state index contributed by atoms with van der Waals surface area (Å²) in [5, 5.41) is 2.06. The van der Waals surface area contributed by atoms with Crippen molar-refractivity contribution in [2.45, 2.75) is 0 Å². The first-order chi connectivity index (χ1) is 7.81.